The van der Waals surface area contributed by atoms with Gasteiger partial charge in [-0.25, -0.2) is 24.2 Å². The zero-order chi connectivity index (χ0) is 18.6. The Labute approximate surface area is 155 Å². The fourth-order valence-electron chi connectivity index (χ4n) is 2.71. The van der Waals surface area contributed by atoms with Crippen molar-refractivity contribution < 1.29 is 4.39 Å². The van der Waals surface area contributed by atoms with Gasteiger partial charge in [0.05, 0.1) is 6.57 Å². The van der Waals surface area contributed by atoms with Gasteiger partial charge in [0.1, 0.15) is 5.82 Å². The zero-order valence-corrected chi connectivity index (χ0v) is 14.2. The van der Waals surface area contributed by atoms with E-state index in [0.717, 1.165) is 11.1 Å². The highest BCUT2D eigenvalue weighted by atomic mass is 19.1. The number of halogens is 1. The van der Waals surface area contributed by atoms with Gasteiger partial charge in [0.15, 0.2) is 23.2 Å². The molecule has 0 unspecified atom stereocenters. The molecule has 4 aromatic rings. The number of hydrogen-bond acceptors (Lipinski definition) is 3. The largest absolute Gasteiger partial charge is 0.237 e. The van der Waals surface area contributed by atoms with E-state index in [0.29, 0.717) is 22.9 Å². The second kappa shape index (κ2) is 7.14. The highest BCUT2D eigenvalue weighted by Crippen LogP contribution is 2.31. The molecule has 1 heterocycles. The normalized spacial score (nSPS) is 10.4. The summed E-state index contributed by atoms with van der Waals surface area (Å²) in [6.45, 7) is 7.37. The van der Waals surface area contributed by atoms with E-state index in [2.05, 4.69) is 19.8 Å². The van der Waals surface area contributed by atoms with Crippen LogP contribution < -0.4 is 0 Å². The van der Waals surface area contributed by atoms with Crippen LogP contribution in [0.5, 0.6) is 0 Å². The van der Waals surface area contributed by atoms with Crippen molar-refractivity contribution in [1.82, 2.24) is 15.0 Å². The molecule has 0 saturated carbocycles. The first-order valence-corrected chi connectivity index (χ1v) is 8.29. The summed E-state index contributed by atoms with van der Waals surface area (Å²) in [7, 11) is 0. The monoisotopic (exact) mass is 352 g/mol. The zero-order valence-electron chi connectivity index (χ0n) is 14.2. The summed E-state index contributed by atoms with van der Waals surface area (Å²) in [5.74, 6) is 0.771. The highest BCUT2D eigenvalue weighted by Gasteiger charge is 2.15. The predicted octanol–water partition coefficient (Wildman–Crippen LogP) is 5.56. The molecule has 0 fully saturated rings. The fourth-order valence-corrected chi connectivity index (χ4v) is 2.71. The maximum atomic E-state index is 13.8. The van der Waals surface area contributed by atoms with Crippen molar-refractivity contribution in [2.24, 2.45) is 0 Å². The van der Waals surface area contributed by atoms with Gasteiger partial charge in [-0.15, -0.1) is 0 Å². The molecule has 0 amide bonds. The van der Waals surface area contributed by atoms with Gasteiger partial charge in [-0.3, -0.25) is 0 Å². The van der Waals surface area contributed by atoms with Crippen molar-refractivity contribution in [3.63, 3.8) is 0 Å². The van der Waals surface area contributed by atoms with Crippen LogP contribution >= 0.6 is 0 Å². The Morgan fingerprint density at radius 2 is 1.19 bits per heavy atom. The molecule has 0 spiro atoms. The van der Waals surface area contributed by atoms with E-state index in [-0.39, 0.29) is 5.82 Å². The first-order valence-electron chi connectivity index (χ1n) is 8.29. The molecule has 27 heavy (non-hydrogen) atoms. The Hall–Kier alpha value is -3.91. The van der Waals surface area contributed by atoms with Gasteiger partial charge in [-0.1, -0.05) is 66.7 Å². The Kier molecular flexibility index (Phi) is 4.38. The molecule has 1 aromatic heterocycles. The van der Waals surface area contributed by atoms with E-state index in [1.807, 2.05) is 60.7 Å². The summed E-state index contributed by atoms with van der Waals surface area (Å²) in [5, 5.41) is 0. The third kappa shape index (κ3) is 3.42. The van der Waals surface area contributed by atoms with Crippen LogP contribution in [-0.2, 0) is 0 Å². The SMILES string of the molecule is [C-]#[N+]c1ccc(F)cc1-c1nc(-c2ccccc2)nc(-c2ccccc2)n1. The van der Waals surface area contributed by atoms with Crippen LogP contribution in [0.2, 0.25) is 0 Å². The van der Waals surface area contributed by atoms with Crippen molar-refractivity contribution in [3.8, 4) is 34.2 Å². The van der Waals surface area contributed by atoms with E-state index in [4.69, 9.17) is 6.57 Å². The van der Waals surface area contributed by atoms with Crippen molar-refractivity contribution in [1.29, 1.82) is 0 Å². The highest BCUT2D eigenvalue weighted by molar-refractivity contribution is 5.76. The quantitative estimate of drug-likeness (QED) is 0.453. The first-order chi connectivity index (χ1) is 13.2. The van der Waals surface area contributed by atoms with E-state index in [9.17, 15) is 4.39 Å². The van der Waals surface area contributed by atoms with Crippen LogP contribution in [0.25, 0.3) is 39.0 Å². The lowest BCUT2D eigenvalue weighted by atomic mass is 10.1. The van der Waals surface area contributed by atoms with Crippen LogP contribution in [0.3, 0.4) is 0 Å². The average Bonchev–Trinajstić information content (AvgIpc) is 2.74. The molecule has 0 aliphatic heterocycles. The van der Waals surface area contributed by atoms with Crippen molar-refractivity contribution >= 4 is 5.69 Å². The Bertz CT molecular complexity index is 1080. The molecular formula is C22H13FN4. The molecule has 0 atom stereocenters. The van der Waals surface area contributed by atoms with E-state index in [1.165, 1.54) is 18.2 Å². The van der Waals surface area contributed by atoms with Crippen LogP contribution in [0.15, 0.2) is 78.9 Å². The van der Waals surface area contributed by atoms with Gasteiger partial charge in [-0.05, 0) is 12.1 Å². The van der Waals surface area contributed by atoms with Gasteiger partial charge >= 0.3 is 0 Å². The molecule has 0 N–H and O–H groups in total. The summed E-state index contributed by atoms with van der Waals surface area (Å²) in [5.41, 5.74) is 2.28. The Balaban J connectivity index is 1.97. The second-order valence-electron chi connectivity index (χ2n) is 5.81. The smallest absolute Gasteiger partial charge is 0.198 e. The number of hydrogen-bond donors (Lipinski definition) is 0. The lowest BCUT2D eigenvalue weighted by Gasteiger charge is -2.09. The minimum absolute atomic E-state index is 0.271. The van der Waals surface area contributed by atoms with E-state index < -0.39 is 5.82 Å². The molecule has 128 valence electrons. The Morgan fingerprint density at radius 1 is 0.667 bits per heavy atom. The maximum absolute atomic E-state index is 13.8. The minimum atomic E-state index is -0.444. The standard InChI is InChI=1S/C22H13FN4/c1-24-19-13-12-17(23)14-18(19)22-26-20(15-8-4-2-5-9-15)25-21(27-22)16-10-6-3-7-11-16/h2-14H. The van der Waals surface area contributed by atoms with Crippen LogP contribution in [0.1, 0.15) is 0 Å². The van der Waals surface area contributed by atoms with Gasteiger partial charge in [-0.2, -0.15) is 0 Å². The molecule has 0 saturated heterocycles. The van der Waals surface area contributed by atoms with Gasteiger partial charge in [0, 0.05) is 16.7 Å². The third-order valence-electron chi connectivity index (χ3n) is 4.02. The molecule has 4 rings (SSSR count). The number of aromatic nitrogens is 3. The maximum Gasteiger partial charge on any atom is 0.198 e. The number of benzene rings is 3. The van der Waals surface area contributed by atoms with Crippen molar-refractivity contribution in [3.05, 3.63) is 96.1 Å². The molecule has 0 aliphatic carbocycles. The van der Waals surface area contributed by atoms with Gasteiger partial charge < -0.3 is 0 Å². The summed E-state index contributed by atoms with van der Waals surface area (Å²) >= 11 is 0. The molecule has 4 nitrogen and oxygen atoms in total. The second-order valence-corrected chi connectivity index (χ2v) is 5.81. The van der Waals surface area contributed by atoms with Crippen LogP contribution in [0.4, 0.5) is 10.1 Å². The van der Waals surface area contributed by atoms with E-state index in [1.54, 1.807) is 0 Å². The molecule has 0 radical (unpaired) electrons. The fraction of sp³-hybridized carbons (Fsp3) is 0. The number of rotatable bonds is 3. The van der Waals surface area contributed by atoms with Gasteiger partial charge in [0.25, 0.3) is 0 Å². The van der Waals surface area contributed by atoms with Crippen molar-refractivity contribution in [2.45, 2.75) is 0 Å². The molecule has 3 aromatic carbocycles. The molecular weight excluding hydrogens is 339 g/mol. The predicted molar refractivity (Wildman–Crippen MR) is 102 cm³/mol. The van der Waals surface area contributed by atoms with Crippen LogP contribution in [0, 0.1) is 12.4 Å². The Morgan fingerprint density at radius 3 is 1.70 bits per heavy atom. The summed E-state index contributed by atoms with van der Waals surface area (Å²) in [6.07, 6.45) is 0. The third-order valence-corrected chi connectivity index (χ3v) is 4.02. The summed E-state index contributed by atoms with van der Waals surface area (Å²) < 4.78 is 13.8. The lowest BCUT2D eigenvalue weighted by Crippen LogP contribution is -2.00. The molecule has 0 bridgehead atoms. The minimum Gasteiger partial charge on any atom is -0.237 e. The topological polar surface area (TPSA) is 43.0 Å². The summed E-state index contributed by atoms with van der Waals surface area (Å²) in [4.78, 5) is 17.1. The van der Waals surface area contributed by atoms with Crippen LogP contribution in [-0.4, -0.2) is 15.0 Å². The van der Waals surface area contributed by atoms with Crippen molar-refractivity contribution in [2.75, 3.05) is 0 Å². The lowest BCUT2D eigenvalue weighted by molar-refractivity contribution is 0.628. The molecule has 5 heteroatoms. The average molecular weight is 352 g/mol. The van der Waals surface area contributed by atoms with E-state index >= 15 is 0 Å². The van der Waals surface area contributed by atoms with Gasteiger partial charge in [0.2, 0.25) is 0 Å². The first kappa shape index (κ1) is 16.6. The summed E-state index contributed by atoms with van der Waals surface area (Å²) in [6, 6.07) is 23.0. The number of nitrogens with zero attached hydrogens (tertiary/aromatic N) is 4. The molecule has 0 aliphatic rings.